The summed E-state index contributed by atoms with van der Waals surface area (Å²) in [6, 6.07) is 0.0767. The van der Waals surface area contributed by atoms with Gasteiger partial charge in [0.15, 0.2) is 0 Å². The highest BCUT2D eigenvalue weighted by atomic mass is 16.5. The molecule has 1 atom stereocenters. The smallest absolute Gasteiger partial charge is 0.0701 e. The van der Waals surface area contributed by atoms with Gasteiger partial charge in [-0.25, -0.2) is 0 Å². The third kappa shape index (κ3) is 9.84. The lowest BCUT2D eigenvalue weighted by atomic mass is 10.4. The lowest BCUT2D eigenvalue weighted by Crippen LogP contribution is -2.23. The molecule has 0 aromatic heterocycles. The monoisotopic (exact) mass is 163 g/mol. The van der Waals surface area contributed by atoms with Crippen molar-refractivity contribution in [2.45, 2.75) is 13.0 Å². The lowest BCUT2D eigenvalue weighted by Gasteiger charge is -2.06. The molecule has 0 heterocycles. The van der Waals surface area contributed by atoms with Crippen LogP contribution in [0.4, 0.5) is 0 Å². The van der Waals surface area contributed by atoms with Gasteiger partial charge in [-0.3, -0.25) is 0 Å². The number of rotatable bonds is 7. The Kier molecular flexibility index (Phi) is 7.83. The van der Waals surface area contributed by atoms with Gasteiger partial charge in [0, 0.05) is 6.04 Å². The van der Waals surface area contributed by atoms with E-state index in [-0.39, 0.29) is 12.6 Å². The van der Waals surface area contributed by atoms with Crippen LogP contribution in [0.2, 0.25) is 0 Å². The van der Waals surface area contributed by atoms with Crippen molar-refractivity contribution in [2.75, 3.05) is 33.0 Å². The Bertz CT molecular complexity index is 78.1. The fourth-order valence-corrected chi connectivity index (χ4v) is 0.554. The minimum absolute atomic E-state index is 0.0628. The molecule has 0 aliphatic carbocycles. The highest BCUT2D eigenvalue weighted by Gasteiger charge is 1.92. The van der Waals surface area contributed by atoms with E-state index in [4.69, 9.17) is 20.3 Å². The molecule has 0 spiro atoms. The number of hydrogen-bond donors (Lipinski definition) is 2. The molecule has 68 valence electrons. The molecule has 0 saturated carbocycles. The van der Waals surface area contributed by atoms with Crippen LogP contribution in [-0.4, -0.2) is 44.2 Å². The molecular weight excluding hydrogens is 146 g/mol. The van der Waals surface area contributed by atoms with Gasteiger partial charge in [-0.15, -0.1) is 0 Å². The maximum absolute atomic E-state index is 8.33. The van der Waals surface area contributed by atoms with Crippen LogP contribution in [0.3, 0.4) is 0 Å². The summed E-state index contributed by atoms with van der Waals surface area (Å²) in [7, 11) is 0. The van der Waals surface area contributed by atoms with Crippen LogP contribution in [0.25, 0.3) is 0 Å². The van der Waals surface area contributed by atoms with Gasteiger partial charge in [0.25, 0.3) is 0 Å². The summed E-state index contributed by atoms with van der Waals surface area (Å²) in [4.78, 5) is 0. The molecule has 3 N–H and O–H groups in total. The molecule has 0 fully saturated rings. The number of ether oxygens (including phenoxy) is 2. The van der Waals surface area contributed by atoms with E-state index in [2.05, 4.69) is 0 Å². The summed E-state index contributed by atoms with van der Waals surface area (Å²) in [6.45, 7) is 3.95. The lowest BCUT2D eigenvalue weighted by molar-refractivity contribution is 0.0304. The Hall–Kier alpha value is -0.160. The predicted molar refractivity (Wildman–Crippen MR) is 42.4 cm³/mol. The molecule has 0 amide bonds. The standard InChI is InChI=1S/C7H17NO3/c1-7(8)6-11-5-4-10-3-2-9/h7,9H,2-6,8H2,1H3. The maximum atomic E-state index is 8.33. The Morgan fingerprint density at radius 2 is 1.91 bits per heavy atom. The van der Waals surface area contributed by atoms with Gasteiger partial charge >= 0.3 is 0 Å². The molecule has 0 aromatic rings. The Balaban J connectivity index is 2.80. The van der Waals surface area contributed by atoms with E-state index in [0.29, 0.717) is 26.4 Å². The maximum Gasteiger partial charge on any atom is 0.0701 e. The van der Waals surface area contributed by atoms with Crippen molar-refractivity contribution in [3.8, 4) is 0 Å². The van der Waals surface area contributed by atoms with Gasteiger partial charge in [0.1, 0.15) is 0 Å². The summed E-state index contributed by atoms with van der Waals surface area (Å²) < 4.78 is 10.1. The zero-order valence-electron chi connectivity index (χ0n) is 6.95. The summed E-state index contributed by atoms with van der Waals surface area (Å²) in [6.07, 6.45) is 0. The van der Waals surface area contributed by atoms with Crippen LogP contribution in [0.5, 0.6) is 0 Å². The van der Waals surface area contributed by atoms with Gasteiger partial charge in [-0.05, 0) is 6.92 Å². The van der Waals surface area contributed by atoms with Gasteiger partial charge in [-0.2, -0.15) is 0 Å². The highest BCUT2D eigenvalue weighted by molar-refractivity contribution is 4.47. The van der Waals surface area contributed by atoms with E-state index in [0.717, 1.165) is 0 Å². The van der Waals surface area contributed by atoms with Gasteiger partial charge in [0.05, 0.1) is 33.0 Å². The largest absolute Gasteiger partial charge is 0.394 e. The predicted octanol–water partition coefficient (Wildman–Crippen LogP) is -0.641. The Morgan fingerprint density at radius 3 is 2.45 bits per heavy atom. The first-order valence-corrected chi connectivity index (χ1v) is 3.79. The fourth-order valence-electron chi connectivity index (χ4n) is 0.554. The number of aliphatic hydroxyl groups is 1. The summed E-state index contributed by atoms with van der Waals surface area (Å²) in [5, 5.41) is 8.33. The number of aliphatic hydroxyl groups excluding tert-OH is 1. The van der Waals surface area contributed by atoms with Gasteiger partial charge in [-0.1, -0.05) is 0 Å². The van der Waals surface area contributed by atoms with E-state index < -0.39 is 0 Å². The first kappa shape index (κ1) is 10.8. The summed E-state index contributed by atoms with van der Waals surface area (Å²) in [5.41, 5.74) is 5.43. The SMILES string of the molecule is CC(N)COCCOCCO. The van der Waals surface area contributed by atoms with E-state index in [9.17, 15) is 0 Å². The first-order chi connectivity index (χ1) is 5.27. The van der Waals surface area contributed by atoms with Gasteiger partial charge in [0.2, 0.25) is 0 Å². The second-order valence-corrected chi connectivity index (χ2v) is 2.39. The molecule has 0 bridgehead atoms. The first-order valence-electron chi connectivity index (χ1n) is 3.79. The molecule has 0 aromatic carbocycles. The highest BCUT2D eigenvalue weighted by Crippen LogP contribution is 1.80. The number of nitrogens with two attached hydrogens (primary N) is 1. The van der Waals surface area contributed by atoms with Crippen molar-refractivity contribution in [3.05, 3.63) is 0 Å². The Morgan fingerprint density at radius 1 is 1.27 bits per heavy atom. The molecule has 0 aliphatic heterocycles. The average Bonchev–Trinajstić information content (AvgIpc) is 1.96. The van der Waals surface area contributed by atoms with Crippen molar-refractivity contribution in [1.29, 1.82) is 0 Å². The Labute approximate surface area is 67.3 Å². The van der Waals surface area contributed by atoms with E-state index in [1.165, 1.54) is 0 Å². The van der Waals surface area contributed by atoms with Crippen molar-refractivity contribution in [1.82, 2.24) is 0 Å². The van der Waals surface area contributed by atoms with Crippen LogP contribution in [0, 0.1) is 0 Å². The molecule has 1 unspecified atom stereocenters. The van der Waals surface area contributed by atoms with Crippen molar-refractivity contribution in [3.63, 3.8) is 0 Å². The van der Waals surface area contributed by atoms with Crippen LogP contribution < -0.4 is 5.73 Å². The summed E-state index contributed by atoms with van der Waals surface area (Å²) >= 11 is 0. The third-order valence-electron chi connectivity index (χ3n) is 0.988. The molecule has 4 heteroatoms. The average molecular weight is 163 g/mol. The van der Waals surface area contributed by atoms with Crippen molar-refractivity contribution < 1.29 is 14.6 Å². The van der Waals surface area contributed by atoms with E-state index in [1.807, 2.05) is 6.92 Å². The normalized spacial score (nSPS) is 13.4. The zero-order chi connectivity index (χ0) is 8.53. The van der Waals surface area contributed by atoms with E-state index in [1.54, 1.807) is 0 Å². The number of hydrogen-bond acceptors (Lipinski definition) is 4. The second-order valence-electron chi connectivity index (χ2n) is 2.39. The topological polar surface area (TPSA) is 64.7 Å². The summed E-state index contributed by atoms with van der Waals surface area (Å²) in [5.74, 6) is 0. The van der Waals surface area contributed by atoms with E-state index >= 15 is 0 Å². The molecule has 11 heavy (non-hydrogen) atoms. The molecule has 4 nitrogen and oxygen atoms in total. The van der Waals surface area contributed by atoms with Crippen LogP contribution in [0.15, 0.2) is 0 Å². The van der Waals surface area contributed by atoms with Gasteiger partial charge < -0.3 is 20.3 Å². The molecule has 0 rings (SSSR count). The third-order valence-corrected chi connectivity index (χ3v) is 0.988. The molecule has 0 radical (unpaired) electrons. The van der Waals surface area contributed by atoms with Crippen molar-refractivity contribution >= 4 is 0 Å². The minimum atomic E-state index is 0.0628. The molecular formula is C7H17NO3. The fraction of sp³-hybridized carbons (Fsp3) is 1.00. The van der Waals surface area contributed by atoms with Crippen molar-refractivity contribution in [2.24, 2.45) is 5.73 Å². The molecule has 0 saturated heterocycles. The molecule has 0 aliphatic rings. The van der Waals surface area contributed by atoms with Crippen LogP contribution in [0.1, 0.15) is 6.92 Å². The zero-order valence-corrected chi connectivity index (χ0v) is 6.95. The second kappa shape index (κ2) is 7.94. The quantitative estimate of drug-likeness (QED) is 0.490. The van der Waals surface area contributed by atoms with Crippen LogP contribution in [-0.2, 0) is 9.47 Å². The minimum Gasteiger partial charge on any atom is -0.394 e. The van der Waals surface area contributed by atoms with Crippen LogP contribution >= 0.6 is 0 Å².